The summed E-state index contributed by atoms with van der Waals surface area (Å²) in [7, 11) is 0. The van der Waals surface area contributed by atoms with E-state index in [1.165, 1.54) is 0 Å². The molecule has 0 aromatic carbocycles. The molecule has 1 rings (SSSR count). The molecule has 0 saturated carbocycles. The summed E-state index contributed by atoms with van der Waals surface area (Å²) < 4.78 is 0. The van der Waals surface area contributed by atoms with Crippen LogP contribution in [0.3, 0.4) is 0 Å². The van der Waals surface area contributed by atoms with E-state index in [2.05, 4.69) is 17.6 Å². The van der Waals surface area contributed by atoms with Crippen molar-refractivity contribution in [3.8, 4) is 0 Å². The third kappa shape index (κ3) is 2.63. The molecule has 0 unspecified atom stereocenters. The van der Waals surface area contributed by atoms with E-state index in [1.54, 1.807) is 12.4 Å². The Kier molecular flexibility index (Phi) is 2.98. The second-order valence-electron chi connectivity index (χ2n) is 2.14. The molecule has 0 atom stereocenters. The Balaban J connectivity index is 2.79. The average Bonchev–Trinajstić information content (AvgIpc) is 2.01. The van der Waals surface area contributed by atoms with E-state index in [1.807, 2.05) is 18.2 Å². The van der Waals surface area contributed by atoms with Gasteiger partial charge in [0, 0.05) is 18.1 Å². The maximum Gasteiger partial charge on any atom is 0.0506 e. The minimum Gasteiger partial charge on any atom is -0.397 e. The van der Waals surface area contributed by atoms with Crippen molar-refractivity contribution in [3.05, 3.63) is 30.1 Å². The Labute approximate surface area is 71.6 Å². The first-order valence-corrected chi connectivity index (χ1v) is 3.94. The van der Waals surface area contributed by atoms with Crippen LogP contribution in [0.25, 0.3) is 6.08 Å². The van der Waals surface area contributed by atoms with Crippen LogP contribution in [0, 0.1) is 0 Å². The Morgan fingerprint density at radius 3 is 3.00 bits per heavy atom. The van der Waals surface area contributed by atoms with Gasteiger partial charge in [0.15, 0.2) is 0 Å². The molecule has 0 saturated heterocycles. The molecule has 1 aromatic rings. The number of nitrogen functional groups attached to an aromatic ring is 1. The Morgan fingerprint density at radius 2 is 2.36 bits per heavy atom. The lowest BCUT2D eigenvalue weighted by Gasteiger charge is -1.93. The summed E-state index contributed by atoms with van der Waals surface area (Å²) in [6.07, 6.45) is 7.27. The summed E-state index contributed by atoms with van der Waals surface area (Å²) in [5, 5.41) is 0. The third-order valence-electron chi connectivity index (χ3n) is 1.20. The van der Waals surface area contributed by atoms with E-state index in [4.69, 9.17) is 5.73 Å². The van der Waals surface area contributed by atoms with Crippen LogP contribution >= 0.6 is 12.6 Å². The van der Waals surface area contributed by atoms with Gasteiger partial charge in [0.25, 0.3) is 0 Å². The lowest BCUT2D eigenvalue weighted by molar-refractivity contribution is 1.32. The molecule has 0 spiro atoms. The summed E-state index contributed by atoms with van der Waals surface area (Å²) in [5.74, 6) is 0.731. The number of thiol groups is 1. The number of anilines is 1. The number of rotatable bonds is 2. The first kappa shape index (κ1) is 8.14. The molecule has 2 N–H and O–H groups in total. The Morgan fingerprint density at radius 1 is 1.55 bits per heavy atom. The van der Waals surface area contributed by atoms with Gasteiger partial charge in [-0.1, -0.05) is 12.2 Å². The molecule has 0 aliphatic heterocycles. The van der Waals surface area contributed by atoms with E-state index < -0.39 is 0 Å². The molecule has 2 nitrogen and oxygen atoms in total. The van der Waals surface area contributed by atoms with Crippen LogP contribution in [0.4, 0.5) is 5.69 Å². The molecular weight excluding hydrogens is 156 g/mol. The molecule has 0 fully saturated rings. The molecule has 0 bridgehead atoms. The Hall–Kier alpha value is -0.960. The van der Waals surface area contributed by atoms with Gasteiger partial charge in [-0.15, -0.1) is 0 Å². The number of pyridine rings is 1. The zero-order valence-corrected chi connectivity index (χ0v) is 6.96. The second kappa shape index (κ2) is 4.03. The van der Waals surface area contributed by atoms with E-state index in [0.29, 0.717) is 5.69 Å². The molecule has 1 aromatic heterocycles. The zero-order valence-electron chi connectivity index (χ0n) is 6.07. The number of nitrogens with two attached hydrogens (primary N) is 1. The number of hydrogen-bond donors (Lipinski definition) is 2. The molecule has 11 heavy (non-hydrogen) atoms. The molecule has 0 aliphatic rings. The Bertz CT molecular complexity index is 258. The van der Waals surface area contributed by atoms with Crippen LogP contribution in [-0.4, -0.2) is 10.7 Å². The summed E-state index contributed by atoms with van der Waals surface area (Å²) in [6, 6.07) is 1.87. The van der Waals surface area contributed by atoms with Crippen LogP contribution in [0.15, 0.2) is 24.5 Å². The SMILES string of the molecule is Nc1cncc(C=CCS)c1. The van der Waals surface area contributed by atoms with Crippen LogP contribution in [0.2, 0.25) is 0 Å². The van der Waals surface area contributed by atoms with Gasteiger partial charge in [-0.05, 0) is 11.6 Å². The van der Waals surface area contributed by atoms with Crippen molar-refractivity contribution in [1.82, 2.24) is 4.98 Å². The van der Waals surface area contributed by atoms with Crippen molar-refractivity contribution in [3.63, 3.8) is 0 Å². The van der Waals surface area contributed by atoms with Gasteiger partial charge < -0.3 is 5.73 Å². The van der Waals surface area contributed by atoms with Gasteiger partial charge in [0.1, 0.15) is 0 Å². The minimum atomic E-state index is 0.686. The molecule has 0 aliphatic carbocycles. The average molecular weight is 166 g/mol. The monoisotopic (exact) mass is 166 g/mol. The van der Waals surface area contributed by atoms with Crippen molar-refractivity contribution < 1.29 is 0 Å². The van der Waals surface area contributed by atoms with Gasteiger partial charge in [-0.3, -0.25) is 4.98 Å². The minimum absolute atomic E-state index is 0.686. The smallest absolute Gasteiger partial charge is 0.0506 e. The maximum atomic E-state index is 5.51. The molecule has 3 heteroatoms. The van der Waals surface area contributed by atoms with E-state index in [-0.39, 0.29) is 0 Å². The van der Waals surface area contributed by atoms with Gasteiger partial charge >= 0.3 is 0 Å². The number of hydrogen-bond acceptors (Lipinski definition) is 3. The second-order valence-corrected chi connectivity index (χ2v) is 2.50. The fraction of sp³-hybridized carbons (Fsp3) is 0.125. The largest absolute Gasteiger partial charge is 0.397 e. The highest BCUT2D eigenvalue weighted by Gasteiger charge is 1.86. The summed E-state index contributed by atoms with van der Waals surface area (Å²) >= 11 is 4.04. The predicted molar refractivity (Wildman–Crippen MR) is 51.5 cm³/mol. The van der Waals surface area contributed by atoms with Gasteiger partial charge in [-0.25, -0.2) is 0 Å². The fourth-order valence-electron chi connectivity index (χ4n) is 0.756. The third-order valence-corrected chi connectivity index (χ3v) is 1.41. The van der Waals surface area contributed by atoms with Gasteiger partial charge in [0.05, 0.1) is 5.69 Å². The first-order chi connectivity index (χ1) is 5.33. The summed E-state index contributed by atoms with van der Waals surface area (Å²) in [5.41, 5.74) is 7.21. The van der Waals surface area contributed by atoms with Crippen molar-refractivity contribution in [2.24, 2.45) is 0 Å². The highest BCUT2D eigenvalue weighted by Crippen LogP contribution is 2.05. The highest BCUT2D eigenvalue weighted by atomic mass is 32.1. The van der Waals surface area contributed by atoms with Gasteiger partial charge in [-0.2, -0.15) is 12.6 Å². The quantitative estimate of drug-likeness (QED) is 0.655. The summed E-state index contributed by atoms with van der Waals surface area (Å²) in [4.78, 5) is 3.94. The van der Waals surface area contributed by atoms with E-state index in [9.17, 15) is 0 Å². The van der Waals surface area contributed by atoms with Crippen molar-refractivity contribution >= 4 is 24.4 Å². The lowest BCUT2D eigenvalue weighted by Crippen LogP contribution is -1.86. The van der Waals surface area contributed by atoms with Crippen molar-refractivity contribution in [2.45, 2.75) is 0 Å². The highest BCUT2D eigenvalue weighted by molar-refractivity contribution is 7.80. The fourth-order valence-corrected chi connectivity index (χ4v) is 0.862. The van der Waals surface area contributed by atoms with Crippen LogP contribution in [0.5, 0.6) is 0 Å². The predicted octanol–water partition coefficient (Wildman–Crippen LogP) is 1.61. The van der Waals surface area contributed by atoms with Crippen LogP contribution in [-0.2, 0) is 0 Å². The normalized spacial score (nSPS) is 10.6. The molecule has 0 radical (unpaired) electrons. The number of nitrogens with zero attached hydrogens (tertiary/aromatic N) is 1. The first-order valence-electron chi connectivity index (χ1n) is 3.31. The molecular formula is C8H10N2S. The van der Waals surface area contributed by atoms with E-state index >= 15 is 0 Å². The standard InChI is InChI=1S/C8H10N2S/c9-8-4-7(2-1-3-11)5-10-6-8/h1-2,4-6,11H,3,9H2. The van der Waals surface area contributed by atoms with Crippen LogP contribution < -0.4 is 5.73 Å². The lowest BCUT2D eigenvalue weighted by atomic mass is 10.2. The van der Waals surface area contributed by atoms with Gasteiger partial charge in [0.2, 0.25) is 0 Å². The molecule has 58 valence electrons. The zero-order chi connectivity index (χ0) is 8.10. The number of aromatic nitrogens is 1. The van der Waals surface area contributed by atoms with Crippen LogP contribution in [0.1, 0.15) is 5.56 Å². The summed E-state index contributed by atoms with van der Waals surface area (Å²) in [6.45, 7) is 0. The van der Waals surface area contributed by atoms with Crippen molar-refractivity contribution in [2.75, 3.05) is 11.5 Å². The molecule has 1 heterocycles. The van der Waals surface area contributed by atoms with Crippen molar-refractivity contribution in [1.29, 1.82) is 0 Å². The maximum absolute atomic E-state index is 5.51. The van der Waals surface area contributed by atoms with E-state index in [0.717, 1.165) is 11.3 Å². The molecule has 0 amide bonds. The topological polar surface area (TPSA) is 38.9 Å².